The van der Waals surface area contributed by atoms with Crippen molar-refractivity contribution in [3.8, 4) is 0 Å². The molecule has 0 spiro atoms. The predicted octanol–water partition coefficient (Wildman–Crippen LogP) is 3.36. The topological polar surface area (TPSA) is 32.9 Å². The van der Waals surface area contributed by atoms with Crippen LogP contribution in [-0.2, 0) is 19.3 Å². The van der Waals surface area contributed by atoms with E-state index in [0.717, 1.165) is 42.1 Å². The first-order valence-electron chi connectivity index (χ1n) is 6.97. The zero-order valence-electron chi connectivity index (χ0n) is 10.9. The molecule has 2 heteroatoms. The van der Waals surface area contributed by atoms with E-state index in [1.165, 1.54) is 24.1 Å². The number of hydrogen-bond donors (Lipinski definition) is 1. The quantitative estimate of drug-likeness (QED) is 0.763. The summed E-state index contributed by atoms with van der Waals surface area (Å²) in [5, 5.41) is 0.870. The molecule has 18 heavy (non-hydrogen) atoms. The van der Waals surface area contributed by atoms with Crippen LogP contribution in [0.3, 0.4) is 0 Å². The number of H-pyrrole nitrogens is 1. The van der Waals surface area contributed by atoms with Crippen LogP contribution in [0.25, 0.3) is 10.9 Å². The van der Waals surface area contributed by atoms with Gasteiger partial charge in [0.2, 0.25) is 0 Å². The SMILES string of the molecule is CCc1cccc2c(=O)c3c([nH]c12)CCCCC3. The van der Waals surface area contributed by atoms with E-state index in [4.69, 9.17) is 0 Å². The summed E-state index contributed by atoms with van der Waals surface area (Å²) in [7, 11) is 0. The van der Waals surface area contributed by atoms with Gasteiger partial charge in [0.1, 0.15) is 0 Å². The van der Waals surface area contributed by atoms with Gasteiger partial charge in [-0.3, -0.25) is 4.79 Å². The Morgan fingerprint density at radius 2 is 2.00 bits per heavy atom. The van der Waals surface area contributed by atoms with Gasteiger partial charge in [-0.25, -0.2) is 0 Å². The van der Waals surface area contributed by atoms with Gasteiger partial charge in [0.25, 0.3) is 0 Å². The number of aryl methyl sites for hydroxylation is 2. The number of aromatic nitrogens is 1. The number of rotatable bonds is 1. The second-order valence-electron chi connectivity index (χ2n) is 5.17. The van der Waals surface area contributed by atoms with E-state index in [-0.39, 0.29) is 5.43 Å². The third kappa shape index (κ3) is 1.76. The molecular weight excluding hydrogens is 222 g/mol. The molecule has 0 fully saturated rings. The Hall–Kier alpha value is -1.57. The first-order chi connectivity index (χ1) is 8.81. The minimum atomic E-state index is 0.260. The summed E-state index contributed by atoms with van der Waals surface area (Å²) < 4.78 is 0. The maximum atomic E-state index is 12.6. The fraction of sp³-hybridized carbons (Fsp3) is 0.438. The third-order valence-electron chi connectivity index (χ3n) is 4.04. The number of fused-ring (bicyclic) bond motifs is 2. The van der Waals surface area contributed by atoms with E-state index in [2.05, 4.69) is 18.0 Å². The summed E-state index contributed by atoms with van der Waals surface area (Å²) in [6.07, 6.45) is 6.51. The summed E-state index contributed by atoms with van der Waals surface area (Å²) in [5.41, 5.74) is 4.79. The Bertz CT molecular complexity index is 639. The lowest BCUT2D eigenvalue weighted by molar-refractivity contribution is 0.708. The smallest absolute Gasteiger partial charge is 0.192 e. The van der Waals surface area contributed by atoms with Crippen LogP contribution in [-0.4, -0.2) is 4.98 Å². The monoisotopic (exact) mass is 241 g/mol. The van der Waals surface area contributed by atoms with Crippen molar-refractivity contribution < 1.29 is 0 Å². The Balaban J connectivity index is 2.34. The average molecular weight is 241 g/mol. The van der Waals surface area contributed by atoms with E-state index >= 15 is 0 Å². The highest BCUT2D eigenvalue weighted by molar-refractivity contribution is 5.82. The van der Waals surface area contributed by atoms with Crippen molar-refractivity contribution in [3.05, 3.63) is 45.2 Å². The molecule has 0 saturated carbocycles. The van der Waals surface area contributed by atoms with Gasteiger partial charge in [-0.15, -0.1) is 0 Å². The average Bonchev–Trinajstić information content (AvgIpc) is 2.64. The van der Waals surface area contributed by atoms with Crippen molar-refractivity contribution in [2.75, 3.05) is 0 Å². The molecule has 0 saturated heterocycles. The Kier molecular flexibility index (Phi) is 2.94. The van der Waals surface area contributed by atoms with Crippen LogP contribution >= 0.6 is 0 Å². The highest BCUT2D eigenvalue weighted by Crippen LogP contribution is 2.21. The summed E-state index contributed by atoms with van der Waals surface area (Å²) in [5.74, 6) is 0. The van der Waals surface area contributed by atoms with Gasteiger partial charge >= 0.3 is 0 Å². The molecule has 0 bridgehead atoms. The third-order valence-corrected chi connectivity index (χ3v) is 4.04. The summed E-state index contributed by atoms with van der Waals surface area (Å²) in [6, 6.07) is 6.07. The number of aromatic amines is 1. The fourth-order valence-corrected chi connectivity index (χ4v) is 3.02. The van der Waals surface area contributed by atoms with Crippen molar-refractivity contribution in [2.24, 2.45) is 0 Å². The van der Waals surface area contributed by atoms with Crippen molar-refractivity contribution in [1.29, 1.82) is 0 Å². The Morgan fingerprint density at radius 3 is 2.83 bits per heavy atom. The van der Waals surface area contributed by atoms with Gasteiger partial charge in [-0.2, -0.15) is 0 Å². The lowest BCUT2D eigenvalue weighted by Crippen LogP contribution is -2.14. The molecular formula is C16H19NO. The number of benzene rings is 1. The molecule has 0 radical (unpaired) electrons. The molecule has 3 rings (SSSR count). The fourth-order valence-electron chi connectivity index (χ4n) is 3.02. The number of hydrogen-bond acceptors (Lipinski definition) is 1. The Morgan fingerprint density at radius 1 is 1.17 bits per heavy atom. The zero-order chi connectivity index (χ0) is 12.5. The van der Waals surface area contributed by atoms with Crippen LogP contribution < -0.4 is 5.43 Å². The first kappa shape index (κ1) is 11.5. The summed E-state index contributed by atoms with van der Waals surface area (Å²) >= 11 is 0. The summed E-state index contributed by atoms with van der Waals surface area (Å²) in [6.45, 7) is 2.14. The first-order valence-corrected chi connectivity index (χ1v) is 6.97. The van der Waals surface area contributed by atoms with Gasteiger partial charge in [-0.1, -0.05) is 25.5 Å². The maximum Gasteiger partial charge on any atom is 0.192 e. The molecule has 0 amide bonds. The van der Waals surface area contributed by atoms with E-state index in [0.29, 0.717) is 0 Å². The molecule has 0 unspecified atom stereocenters. The Labute approximate surface area is 107 Å². The van der Waals surface area contributed by atoms with E-state index < -0.39 is 0 Å². The second kappa shape index (κ2) is 4.60. The van der Waals surface area contributed by atoms with Crippen LogP contribution in [0.2, 0.25) is 0 Å². The molecule has 1 aliphatic carbocycles. The van der Waals surface area contributed by atoms with Crippen molar-refractivity contribution in [3.63, 3.8) is 0 Å². The van der Waals surface area contributed by atoms with E-state index in [1.54, 1.807) is 0 Å². The molecule has 1 heterocycles. The lowest BCUT2D eigenvalue weighted by Gasteiger charge is -2.10. The van der Waals surface area contributed by atoms with Gasteiger partial charge in [0.05, 0.1) is 5.52 Å². The molecule has 0 atom stereocenters. The van der Waals surface area contributed by atoms with Crippen LogP contribution in [0.5, 0.6) is 0 Å². The standard InChI is InChI=1S/C16H19NO/c1-2-11-7-6-9-13-15(11)17-14-10-5-3-4-8-12(14)16(13)18/h6-7,9H,2-5,8,10H2,1H3,(H,17,18). The molecule has 1 aromatic heterocycles. The number of para-hydroxylation sites is 1. The van der Waals surface area contributed by atoms with Gasteiger partial charge in [-0.05, 0) is 43.7 Å². The van der Waals surface area contributed by atoms with Crippen molar-refractivity contribution in [1.82, 2.24) is 4.98 Å². The van der Waals surface area contributed by atoms with Gasteiger partial charge in [0, 0.05) is 16.6 Å². The van der Waals surface area contributed by atoms with Crippen molar-refractivity contribution in [2.45, 2.75) is 45.4 Å². The number of nitrogens with one attached hydrogen (secondary N) is 1. The molecule has 0 aliphatic heterocycles. The minimum absolute atomic E-state index is 0.260. The maximum absolute atomic E-state index is 12.6. The molecule has 2 nitrogen and oxygen atoms in total. The predicted molar refractivity (Wildman–Crippen MR) is 75.2 cm³/mol. The highest BCUT2D eigenvalue weighted by Gasteiger charge is 2.15. The molecule has 2 aromatic rings. The summed E-state index contributed by atoms with van der Waals surface area (Å²) in [4.78, 5) is 16.1. The van der Waals surface area contributed by atoms with E-state index in [1.807, 2.05) is 12.1 Å². The number of pyridine rings is 1. The van der Waals surface area contributed by atoms with Gasteiger partial charge < -0.3 is 4.98 Å². The second-order valence-corrected chi connectivity index (χ2v) is 5.17. The van der Waals surface area contributed by atoms with Crippen LogP contribution in [0.15, 0.2) is 23.0 Å². The molecule has 1 N–H and O–H groups in total. The molecule has 1 aromatic carbocycles. The van der Waals surface area contributed by atoms with Gasteiger partial charge in [0.15, 0.2) is 5.43 Å². The van der Waals surface area contributed by atoms with E-state index in [9.17, 15) is 4.79 Å². The molecule has 94 valence electrons. The molecule has 1 aliphatic rings. The minimum Gasteiger partial charge on any atom is -0.358 e. The normalized spacial score (nSPS) is 15.4. The van der Waals surface area contributed by atoms with Crippen molar-refractivity contribution >= 4 is 10.9 Å². The van der Waals surface area contributed by atoms with Crippen LogP contribution in [0.4, 0.5) is 0 Å². The largest absolute Gasteiger partial charge is 0.358 e. The van der Waals surface area contributed by atoms with Crippen LogP contribution in [0.1, 0.15) is 43.0 Å². The lowest BCUT2D eigenvalue weighted by atomic mass is 10.0. The zero-order valence-corrected chi connectivity index (χ0v) is 10.9. The van der Waals surface area contributed by atoms with Crippen LogP contribution in [0, 0.1) is 0 Å². The highest BCUT2D eigenvalue weighted by atomic mass is 16.1.